The maximum Gasteiger partial charge on any atom is 0.375 e. The monoisotopic (exact) mass is 209 g/mol. The molecule has 82 valence electrons. The Balaban J connectivity index is 2.38. The fourth-order valence-electron chi connectivity index (χ4n) is 2.09. The van der Waals surface area contributed by atoms with Gasteiger partial charge in [0.15, 0.2) is 0 Å². The molecule has 0 radical (unpaired) electrons. The zero-order valence-electron chi connectivity index (χ0n) is 8.97. The van der Waals surface area contributed by atoms with Crippen LogP contribution in [-0.2, 0) is 6.42 Å². The van der Waals surface area contributed by atoms with E-state index in [4.69, 9.17) is 5.11 Å². The Bertz CT molecular complexity index is 384. The second-order valence-corrected chi connectivity index (χ2v) is 4.30. The topological polar surface area (TPSA) is 68.0 Å². The first kappa shape index (κ1) is 10.1. The van der Waals surface area contributed by atoms with Gasteiger partial charge in [0, 0.05) is 6.42 Å². The molecule has 0 bridgehead atoms. The molecule has 0 spiro atoms. The van der Waals surface area contributed by atoms with Crippen LogP contribution in [0.25, 0.3) is 0 Å². The molecule has 1 aliphatic rings. The second-order valence-electron chi connectivity index (χ2n) is 4.30. The van der Waals surface area contributed by atoms with Crippen molar-refractivity contribution in [2.75, 3.05) is 0 Å². The third kappa shape index (κ3) is 1.73. The average Bonchev–Trinajstić information content (AvgIpc) is 2.60. The van der Waals surface area contributed by atoms with Crippen LogP contribution >= 0.6 is 0 Å². The lowest BCUT2D eigenvalue weighted by Crippen LogP contribution is -2.23. The van der Waals surface area contributed by atoms with Crippen LogP contribution in [0.5, 0.6) is 0 Å². The molecule has 2 heterocycles. The number of hydrogen-bond acceptors (Lipinski definition) is 3. The van der Waals surface area contributed by atoms with Crippen LogP contribution in [0.4, 0.5) is 0 Å². The molecule has 5 heteroatoms. The smallest absolute Gasteiger partial charge is 0.375 e. The van der Waals surface area contributed by atoms with E-state index < -0.39 is 5.97 Å². The van der Waals surface area contributed by atoms with Crippen LogP contribution in [0.2, 0.25) is 0 Å². The van der Waals surface area contributed by atoms with E-state index >= 15 is 0 Å². The van der Waals surface area contributed by atoms with E-state index in [9.17, 15) is 4.79 Å². The molecule has 1 unspecified atom stereocenters. The van der Waals surface area contributed by atoms with Crippen molar-refractivity contribution < 1.29 is 9.90 Å². The highest BCUT2D eigenvalue weighted by Gasteiger charge is 2.26. The minimum Gasteiger partial charge on any atom is -0.475 e. The predicted molar refractivity (Wildman–Crippen MR) is 53.8 cm³/mol. The minimum atomic E-state index is -1.04. The Kier molecular flexibility index (Phi) is 2.46. The lowest BCUT2D eigenvalue weighted by atomic mass is 9.95. The fourth-order valence-corrected chi connectivity index (χ4v) is 2.09. The number of carboxylic acid groups (broad SMARTS) is 1. The highest BCUT2D eigenvalue weighted by molar-refractivity contribution is 5.82. The van der Waals surface area contributed by atoms with Gasteiger partial charge in [-0.1, -0.05) is 13.8 Å². The summed E-state index contributed by atoms with van der Waals surface area (Å²) in [5, 5.41) is 12.9. The Hall–Kier alpha value is -1.39. The van der Waals surface area contributed by atoms with Gasteiger partial charge >= 0.3 is 5.97 Å². The SMILES string of the molecule is CC(C)C1CCCc2nc(C(=O)O)nn21. The molecular formula is C10H15N3O2. The van der Waals surface area contributed by atoms with Crippen molar-refractivity contribution in [2.45, 2.75) is 39.2 Å². The van der Waals surface area contributed by atoms with Crippen molar-refractivity contribution in [3.05, 3.63) is 11.6 Å². The van der Waals surface area contributed by atoms with Gasteiger partial charge in [-0.25, -0.2) is 14.5 Å². The van der Waals surface area contributed by atoms with E-state index in [1.807, 2.05) is 0 Å². The van der Waals surface area contributed by atoms with Gasteiger partial charge in [-0.2, -0.15) is 0 Å². The van der Waals surface area contributed by atoms with E-state index in [-0.39, 0.29) is 5.82 Å². The number of carbonyl (C=O) groups is 1. The maximum absolute atomic E-state index is 10.8. The van der Waals surface area contributed by atoms with Crippen molar-refractivity contribution in [3.63, 3.8) is 0 Å². The molecular weight excluding hydrogens is 194 g/mol. The van der Waals surface area contributed by atoms with Gasteiger partial charge in [-0.3, -0.25) is 0 Å². The normalized spacial score (nSPS) is 20.3. The van der Waals surface area contributed by atoms with E-state index in [1.165, 1.54) is 0 Å². The summed E-state index contributed by atoms with van der Waals surface area (Å²) in [6.07, 6.45) is 2.97. The lowest BCUT2D eigenvalue weighted by Gasteiger charge is -2.26. The van der Waals surface area contributed by atoms with Crippen molar-refractivity contribution >= 4 is 5.97 Å². The van der Waals surface area contributed by atoms with Gasteiger partial charge in [-0.05, 0) is 18.8 Å². The number of nitrogens with zero attached hydrogens (tertiary/aromatic N) is 3. The summed E-state index contributed by atoms with van der Waals surface area (Å²) in [6, 6.07) is 0.300. The molecule has 0 aromatic carbocycles. The quantitative estimate of drug-likeness (QED) is 0.801. The first-order valence-electron chi connectivity index (χ1n) is 5.28. The first-order chi connectivity index (χ1) is 7.09. The summed E-state index contributed by atoms with van der Waals surface area (Å²) in [7, 11) is 0. The van der Waals surface area contributed by atoms with E-state index in [2.05, 4.69) is 23.9 Å². The molecule has 1 N–H and O–H groups in total. The van der Waals surface area contributed by atoms with Gasteiger partial charge in [0.1, 0.15) is 5.82 Å². The van der Waals surface area contributed by atoms with Crippen molar-refractivity contribution in [1.29, 1.82) is 0 Å². The summed E-state index contributed by atoms with van der Waals surface area (Å²) in [4.78, 5) is 14.8. The van der Waals surface area contributed by atoms with Crippen LogP contribution in [0.3, 0.4) is 0 Å². The van der Waals surface area contributed by atoms with Gasteiger partial charge in [0.05, 0.1) is 6.04 Å². The van der Waals surface area contributed by atoms with Crippen LogP contribution in [0.15, 0.2) is 0 Å². The van der Waals surface area contributed by atoms with Gasteiger partial charge in [0.2, 0.25) is 0 Å². The maximum atomic E-state index is 10.8. The summed E-state index contributed by atoms with van der Waals surface area (Å²) in [5.74, 6) is 0.168. The molecule has 0 amide bonds. The molecule has 0 saturated carbocycles. The van der Waals surface area contributed by atoms with E-state index in [1.54, 1.807) is 4.68 Å². The summed E-state index contributed by atoms with van der Waals surface area (Å²) in [6.45, 7) is 4.25. The largest absolute Gasteiger partial charge is 0.475 e. The van der Waals surface area contributed by atoms with E-state index in [0.29, 0.717) is 12.0 Å². The van der Waals surface area contributed by atoms with E-state index in [0.717, 1.165) is 25.1 Å². The Morgan fingerprint density at radius 1 is 1.60 bits per heavy atom. The van der Waals surface area contributed by atoms with Gasteiger partial charge in [-0.15, -0.1) is 5.10 Å². The molecule has 2 rings (SSSR count). The summed E-state index contributed by atoms with van der Waals surface area (Å²) >= 11 is 0. The highest BCUT2D eigenvalue weighted by atomic mass is 16.4. The van der Waals surface area contributed by atoms with Crippen LogP contribution in [0.1, 0.15) is 49.2 Å². The van der Waals surface area contributed by atoms with Gasteiger partial charge < -0.3 is 5.11 Å². The molecule has 1 atom stereocenters. The van der Waals surface area contributed by atoms with Crippen molar-refractivity contribution in [2.24, 2.45) is 5.92 Å². The number of carboxylic acids is 1. The standard InChI is InChI=1S/C10H15N3O2/c1-6(2)7-4-3-5-8-11-9(10(14)15)12-13(7)8/h6-7H,3-5H2,1-2H3,(H,14,15). The number of aromatic carboxylic acids is 1. The molecule has 15 heavy (non-hydrogen) atoms. The predicted octanol–water partition coefficient (Wildman–Crippen LogP) is 1.51. The third-order valence-corrected chi connectivity index (χ3v) is 2.88. The molecule has 1 aromatic rings. The third-order valence-electron chi connectivity index (χ3n) is 2.88. The van der Waals surface area contributed by atoms with Crippen molar-refractivity contribution in [3.8, 4) is 0 Å². The number of rotatable bonds is 2. The van der Waals surface area contributed by atoms with Crippen LogP contribution in [0, 0.1) is 5.92 Å². The number of hydrogen-bond donors (Lipinski definition) is 1. The van der Waals surface area contributed by atoms with Crippen molar-refractivity contribution in [1.82, 2.24) is 14.8 Å². The molecule has 5 nitrogen and oxygen atoms in total. The number of aryl methyl sites for hydroxylation is 1. The highest BCUT2D eigenvalue weighted by Crippen LogP contribution is 2.28. The van der Waals surface area contributed by atoms with Gasteiger partial charge in [0.25, 0.3) is 5.82 Å². The Labute approximate surface area is 88.1 Å². The molecule has 0 aliphatic carbocycles. The summed E-state index contributed by atoms with van der Waals surface area (Å²) < 4.78 is 1.80. The Morgan fingerprint density at radius 3 is 2.93 bits per heavy atom. The Morgan fingerprint density at radius 2 is 2.33 bits per heavy atom. The zero-order chi connectivity index (χ0) is 11.0. The van der Waals surface area contributed by atoms with Crippen LogP contribution in [-0.4, -0.2) is 25.8 Å². The van der Waals surface area contributed by atoms with Crippen LogP contribution < -0.4 is 0 Å². The second kappa shape index (κ2) is 3.64. The molecule has 1 aromatic heterocycles. The average molecular weight is 209 g/mol. The minimum absolute atomic E-state index is 0.0717. The molecule has 0 saturated heterocycles. The number of fused-ring (bicyclic) bond motifs is 1. The first-order valence-corrected chi connectivity index (χ1v) is 5.28. The molecule has 1 aliphatic heterocycles. The molecule has 0 fully saturated rings. The lowest BCUT2D eigenvalue weighted by molar-refractivity contribution is 0.0682. The summed E-state index contributed by atoms with van der Waals surface area (Å²) in [5.41, 5.74) is 0. The number of aromatic nitrogens is 3. The fraction of sp³-hybridized carbons (Fsp3) is 0.700. The zero-order valence-corrected chi connectivity index (χ0v) is 8.97.